The largest absolute Gasteiger partial charge is 0.399 e. The average Bonchev–Trinajstić information content (AvgIpc) is 2.72. The van der Waals surface area contributed by atoms with Crippen LogP contribution in [0.5, 0.6) is 0 Å². The number of benzene rings is 4. The molecule has 3 heteroatoms. The first-order valence-electron chi connectivity index (χ1n) is 9.40. The fourth-order valence-electron chi connectivity index (χ4n) is 3.77. The second-order valence-electron chi connectivity index (χ2n) is 7.29. The number of nitrogen functional groups attached to an aromatic ring is 2. The zero-order valence-corrected chi connectivity index (χ0v) is 15.4. The Morgan fingerprint density at radius 2 is 1.04 bits per heavy atom. The molecule has 136 valence electrons. The molecule has 5 N–H and O–H groups in total. The topological polar surface area (TPSA) is 64.1 Å². The fourth-order valence-corrected chi connectivity index (χ4v) is 3.77. The highest BCUT2D eigenvalue weighted by atomic mass is 14.9. The minimum absolute atomic E-state index is 0.783. The predicted molar refractivity (Wildman–Crippen MR) is 119 cm³/mol. The highest BCUT2D eigenvalue weighted by Gasteiger charge is 2.16. The normalized spacial score (nSPS) is 12.0. The minimum Gasteiger partial charge on any atom is -0.399 e. The molecule has 0 unspecified atom stereocenters. The van der Waals surface area contributed by atoms with E-state index < -0.39 is 0 Å². The molecule has 1 aliphatic heterocycles. The molecule has 4 aromatic carbocycles. The lowest BCUT2D eigenvalue weighted by Gasteiger charge is -2.23. The van der Waals surface area contributed by atoms with E-state index in [2.05, 4.69) is 66.0 Å². The van der Waals surface area contributed by atoms with Gasteiger partial charge in [0.2, 0.25) is 0 Å². The summed E-state index contributed by atoms with van der Waals surface area (Å²) in [7, 11) is 0. The second kappa shape index (κ2) is 6.46. The molecule has 5 rings (SSSR count). The van der Waals surface area contributed by atoms with Crippen LogP contribution in [0.25, 0.3) is 22.3 Å². The van der Waals surface area contributed by atoms with Crippen LogP contribution in [0.15, 0.2) is 84.9 Å². The first-order chi connectivity index (χ1) is 13.7. The number of hydrogen-bond acceptors (Lipinski definition) is 3. The van der Waals surface area contributed by atoms with Crippen molar-refractivity contribution in [1.82, 2.24) is 0 Å². The number of fused-ring (bicyclic) bond motifs is 2. The van der Waals surface area contributed by atoms with E-state index in [0.29, 0.717) is 0 Å². The maximum atomic E-state index is 5.81. The molecule has 0 amide bonds. The quantitative estimate of drug-likeness (QED) is 0.346. The van der Waals surface area contributed by atoms with Gasteiger partial charge in [0, 0.05) is 29.2 Å². The summed E-state index contributed by atoms with van der Waals surface area (Å²) in [5.74, 6) is 0. The molecule has 3 nitrogen and oxygen atoms in total. The van der Waals surface area contributed by atoms with Gasteiger partial charge >= 0.3 is 0 Å². The first kappa shape index (κ1) is 16.5. The van der Waals surface area contributed by atoms with Crippen molar-refractivity contribution in [3.8, 4) is 22.3 Å². The summed E-state index contributed by atoms with van der Waals surface area (Å²) >= 11 is 0. The monoisotopic (exact) mass is 363 g/mol. The summed E-state index contributed by atoms with van der Waals surface area (Å²) in [4.78, 5) is 0. The van der Waals surface area contributed by atoms with Crippen molar-refractivity contribution in [2.24, 2.45) is 0 Å². The zero-order chi connectivity index (χ0) is 19.1. The van der Waals surface area contributed by atoms with Gasteiger partial charge in [-0.1, -0.05) is 42.5 Å². The lowest BCUT2D eigenvalue weighted by atomic mass is 9.92. The molecule has 0 aliphatic carbocycles. The third kappa shape index (κ3) is 2.97. The van der Waals surface area contributed by atoms with E-state index in [1.54, 1.807) is 0 Å². The summed E-state index contributed by atoms with van der Waals surface area (Å²) in [6, 6.07) is 29.2. The van der Waals surface area contributed by atoms with Gasteiger partial charge in [-0.15, -0.1) is 0 Å². The van der Waals surface area contributed by atoms with Crippen LogP contribution in [-0.4, -0.2) is 0 Å². The van der Waals surface area contributed by atoms with Gasteiger partial charge in [-0.05, 0) is 75.8 Å². The van der Waals surface area contributed by atoms with Crippen molar-refractivity contribution >= 4 is 22.7 Å². The first-order valence-corrected chi connectivity index (χ1v) is 9.40. The molecular weight excluding hydrogens is 342 g/mol. The van der Waals surface area contributed by atoms with Gasteiger partial charge in [-0.2, -0.15) is 0 Å². The Kier molecular flexibility index (Phi) is 3.80. The number of nitrogens with two attached hydrogens (primary N) is 2. The summed E-state index contributed by atoms with van der Waals surface area (Å²) in [5, 5.41) is 3.61. The lowest BCUT2D eigenvalue weighted by molar-refractivity contribution is 1.16. The van der Waals surface area contributed by atoms with Crippen molar-refractivity contribution in [1.29, 1.82) is 0 Å². The van der Waals surface area contributed by atoms with Gasteiger partial charge in [-0.25, -0.2) is 0 Å². The molecule has 1 heterocycles. The number of anilines is 4. The van der Waals surface area contributed by atoms with E-state index in [0.717, 1.165) is 17.8 Å². The Morgan fingerprint density at radius 3 is 1.68 bits per heavy atom. The summed E-state index contributed by atoms with van der Waals surface area (Å²) in [6.07, 6.45) is 0.919. The van der Waals surface area contributed by atoms with E-state index in [1.165, 1.54) is 44.8 Å². The molecule has 4 aromatic rings. The highest BCUT2D eigenvalue weighted by molar-refractivity contribution is 5.80. The molecule has 0 saturated carbocycles. The van der Waals surface area contributed by atoms with Gasteiger partial charge in [0.25, 0.3) is 0 Å². The number of nitrogens with one attached hydrogen (secondary N) is 1. The maximum Gasteiger partial charge on any atom is 0.0426 e. The van der Waals surface area contributed by atoms with Gasteiger partial charge in [-0.3, -0.25) is 0 Å². The number of hydrogen-bond donors (Lipinski definition) is 3. The molecule has 1 aliphatic rings. The molecule has 0 saturated heterocycles. The average molecular weight is 363 g/mol. The zero-order valence-electron chi connectivity index (χ0n) is 15.4. The third-order valence-corrected chi connectivity index (χ3v) is 5.35. The maximum absolute atomic E-state index is 5.81. The van der Waals surface area contributed by atoms with Gasteiger partial charge < -0.3 is 16.8 Å². The molecule has 0 spiro atoms. The van der Waals surface area contributed by atoms with Gasteiger partial charge in [0.15, 0.2) is 0 Å². The minimum atomic E-state index is 0.783. The smallest absolute Gasteiger partial charge is 0.0426 e. The van der Waals surface area contributed by atoms with Crippen LogP contribution >= 0.6 is 0 Å². The highest BCUT2D eigenvalue weighted by Crippen LogP contribution is 2.37. The van der Waals surface area contributed by atoms with Crippen LogP contribution in [-0.2, 0) is 6.42 Å². The molecule has 0 radical (unpaired) electrons. The number of rotatable bonds is 2. The van der Waals surface area contributed by atoms with Crippen LogP contribution in [0, 0.1) is 0 Å². The molecule has 28 heavy (non-hydrogen) atoms. The summed E-state index contributed by atoms with van der Waals surface area (Å²) in [5.41, 5.74) is 22.9. The Labute approximate surface area is 164 Å². The fraction of sp³-hybridized carbons (Fsp3) is 0.0400. The Balaban J connectivity index is 1.47. The molecular formula is C25H21N3. The molecule has 0 fully saturated rings. The van der Waals surface area contributed by atoms with Crippen molar-refractivity contribution in [2.45, 2.75) is 6.42 Å². The third-order valence-electron chi connectivity index (χ3n) is 5.35. The van der Waals surface area contributed by atoms with E-state index in [-0.39, 0.29) is 0 Å². The molecule has 0 aromatic heterocycles. The predicted octanol–water partition coefficient (Wildman–Crippen LogP) is 5.83. The van der Waals surface area contributed by atoms with Crippen LogP contribution in [0.4, 0.5) is 22.7 Å². The SMILES string of the molecule is Nc1ccc(-c2ccc3c(c2)Cc2ccc(-c4ccc(N)cc4)cc2N3)cc1. The van der Waals surface area contributed by atoms with Crippen molar-refractivity contribution < 1.29 is 0 Å². The van der Waals surface area contributed by atoms with Crippen LogP contribution in [0.1, 0.15) is 11.1 Å². The molecule has 0 atom stereocenters. The summed E-state index contributed by atoms with van der Waals surface area (Å²) in [6.45, 7) is 0. The van der Waals surface area contributed by atoms with Crippen molar-refractivity contribution in [3.63, 3.8) is 0 Å². The Morgan fingerprint density at radius 1 is 0.500 bits per heavy atom. The van der Waals surface area contributed by atoms with Crippen molar-refractivity contribution in [3.05, 3.63) is 96.1 Å². The lowest BCUT2D eigenvalue weighted by Crippen LogP contribution is -2.07. The van der Waals surface area contributed by atoms with E-state index in [9.17, 15) is 0 Å². The second-order valence-corrected chi connectivity index (χ2v) is 7.29. The van der Waals surface area contributed by atoms with Crippen LogP contribution in [0.2, 0.25) is 0 Å². The van der Waals surface area contributed by atoms with Crippen LogP contribution in [0.3, 0.4) is 0 Å². The van der Waals surface area contributed by atoms with Gasteiger partial charge in [0.05, 0.1) is 0 Å². The Hall–Kier alpha value is -3.72. The van der Waals surface area contributed by atoms with Crippen molar-refractivity contribution in [2.75, 3.05) is 16.8 Å². The Bertz CT molecular complexity index is 1060. The standard InChI is InChI=1S/C25H21N3/c26-22-8-3-16(4-9-22)18-7-12-24-21(13-18)14-20-2-1-19(15-25(20)28-24)17-5-10-23(27)11-6-17/h1-13,15,28H,14,26-27H2. The van der Waals surface area contributed by atoms with Crippen LogP contribution < -0.4 is 16.8 Å². The van der Waals surface area contributed by atoms with E-state index in [1.807, 2.05) is 24.3 Å². The van der Waals surface area contributed by atoms with E-state index >= 15 is 0 Å². The molecule has 0 bridgehead atoms. The van der Waals surface area contributed by atoms with E-state index in [4.69, 9.17) is 11.5 Å². The van der Waals surface area contributed by atoms with Gasteiger partial charge in [0.1, 0.15) is 0 Å². The summed E-state index contributed by atoms with van der Waals surface area (Å²) < 4.78 is 0.